The van der Waals surface area contributed by atoms with E-state index in [-0.39, 0.29) is 28.2 Å². The topological polar surface area (TPSA) is 69.7 Å². The van der Waals surface area contributed by atoms with Crippen LogP contribution in [0.5, 0.6) is 0 Å². The first-order valence-corrected chi connectivity index (χ1v) is 11.0. The van der Waals surface area contributed by atoms with Crippen LogP contribution in [0.3, 0.4) is 0 Å². The fourth-order valence-electron chi connectivity index (χ4n) is 3.21. The Morgan fingerprint density at radius 1 is 1.21 bits per heavy atom. The van der Waals surface area contributed by atoms with E-state index in [4.69, 9.17) is 9.73 Å². The third kappa shape index (κ3) is 6.24. The lowest BCUT2D eigenvalue weighted by atomic mass is 10.0. The van der Waals surface area contributed by atoms with Crippen molar-refractivity contribution in [2.24, 2.45) is 10.9 Å². The summed E-state index contributed by atoms with van der Waals surface area (Å²) in [6.07, 6.45) is -0.0598. The SMILES string of the molecule is CC(C)Cn1c([C@@H](C)OC(C)(C)C)csc1=Nc1ccc([N+](=O)[O-])cc1C(C)C. The Labute approximate surface area is 177 Å². The minimum atomic E-state index is -0.358. The lowest BCUT2D eigenvalue weighted by Gasteiger charge is -2.26. The van der Waals surface area contributed by atoms with Crippen LogP contribution >= 0.6 is 11.3 Å². The number of nitrogens with zero attached hydrogens (tertiary/aromatic N) is 3. The van der Waals surface area contributed by atoms with Gasteiger partial charge in [-0.1, -0.05) is 27.7 Å². The number of non-ortho nitro benzene ring substituents is 1. The fourth-order valence-corrected chi connectivity index (χ4v) is 4.22. The van der Waals surface area contributed by atoms with E-state index in [1.54, 1.807) is 23.5 Å². The van der Waals surface area contributed by atoms with Crippen LogP contribution in [0.2, 0.25) is 0 Å². The minimum Gasteiger partial charge on any atom is -0.367 e. The molecule has 0 bridgehead atoms. The van der Waals surface area contributed by atoms with E-state index in [1.807, 2.05) is 13.8 Å². The highest BCUT2D eigenvalue weighted by Crippen LogP contribution is 2.31. The van der Waals surface area contributed by atoms with Crippen LogP contribution in [-0.2, 0) is 11.3 Å². The first-order chi connectivity index (χ1) is 13.4. The monoisotopic (exact) mass is 419 g/mol. The summed E-state index contributed by atoms with van der Waals surface area (Å²) in [7, 11) is 0. The molecule has 0 aliphatic carbocycles. The van der Waals surface area contributed by atoms with Gasteiger partial charge in [0.25, 0.3) is 5.69 Å². The van der Waals surface area contributed by atoms with Gasteiger partial charge in [0.05, 0.1) is 28.0 Å². The summed E-state index contributed by atoms with van der Waals surface area (Å²) in [5, 5.41) is 13.3. The van der Waals surface area contributed by atoms with Crippen molar-refractivity contribution in [2.75, 3.05) is 0 Å². The predicted molar refractivity (Wildman–Crippen MR) is 119 cm³/mol. The van der Waals surface area contributed by atoms with Gasteiger partial charge in [-0.2, -0.15) is 0 Å². The molecule has 0 N–H and O–H groups in total. The highest BCUT2D eigenvalue weighted by Gasteiger charge is 2.21. The van der Waals surface area contributed by atoms with Gasteiger partial charge < -0.3 is 9.30 Å². The quantitative estimate of drug-likeness (QED) is 0.388. The Morgan fingerprint density at radius 2 is 1.86 bits per heavy atom. The number of hydrogen-bond donors (Lipinski definition) is 0. The highest BCUT2D eigenvalue weighted by molar-refractivity contribution is 7.07. The zero-order valence-corrected chi connectivity index (χ0v) is 19.5. The maximum absolute atomic E-state index is 11.2. The molecule has 1 atom stereocenters. The third-order valence-corrected chi connectivity index (χ3v) is 5.26. The number of nitro groups is 1. The van der Waals surface area contributed by atoms with Crippen LogP contribution in [0.4, 0.5) is 11.4 Å². The van der Waals surface area contributed by atoms with Gasteiger partial charge in [-0.3, -0.25) is 10.1 Å². The van der Waals surface area contributed by atoms with Crippen molar-refractivity contribution in [1.82, 2.24) is 4.57 Å². The van der Waals surface area contributed by atoms with Crippen molar-refractivity contribution in [3.63, 3.8) is 0 Å². The molecule has 0 unspecified atom stereocenters. The standard InChI is InChI=1S/C22H33N3O3S/c1-14(2)12-24-20(16(5)28-22(6,7)8)13-29-21(24)23-19-10-9-17(25(26)27)11-18(19)15(3)4/h9-11,13-16H,12H2,1-8H3/t16-/m1/s1. The largest absolute Gasteiger partial charge is 0.367 e. The molecule has 0 amide bonds. The number of hydrogen-bond acceptors (Lipinski definition) is 5. The number of rotatable bonds is 7. The van der Waals surface area contributed by atoms with Gasteiger partial charge in [0, 0.05) is 24.1 Å². The van der Waals surface area contributed by atoms with Crippen molar-refractivity contribution in [3.8, 4) is 0 Å². The average Bonchev–Trinajstić information content (AvgIpc) is 2.95. The first kappa shape index (κ1) is 23.3. The molecule has 0 saturated carbocycles. The molecule has 0 aliphatic heterocycles. The molecule has 6 nitrogen and oxygen atoms in total. The maximum atomic E-state index is 11.2. The Bertz CT molecular complexity index is 920. The van der Waals surface area contributed by atoms with E-state index in [0.717, 1.165) is 28.3 Å². The molecule has 29 heavy (non-hydrogen) atoms. The van der Waals surface area contributed by atoms with E-state index in [0.29, 0.717) is 5.92 Å². The fraction of sp³-hybridized carbons (Fsp3) is 0.591. The van der Waals surface area contributed by atoms with Crippen LogP contribution in [0, 0.1) is 16.0 Å². The molecule has 1 heterocycles. The van der Waals surface area contributed by atoms with Crippen LogP contribution < -0.4 is 4.80 Å². The van der Waals surface area contributed by atoms with Gasteiger partial charge in [0.2, 0.25) is 0 Å². The molecule has 2 rings (SSSR count). The van der Waals surface area contributed by atoms with Gasteiger partial charge in [-0.05, 0) is 51.2 Å². The number of benzene rings is 1. The van der Waals surface area contributed by atoms with Crippen LogP contribution in [0.15, 0.2) is 28.6 Å². The van der Waals surface area contributed by atoms with E-state index >= 15 is 0 Å². The van der Waals surface area contributed by atoms with Gasteiger partial charge in [-0.25, -0.2) is 4.99 Å². The molecule has 1 aromatic heterocycles. The van der Waals surface area contributed by atoms with Crippen LogP contribution in [-0.4, -0.2) is 15.1 Å². The lowest BCUT2D eigenvalue weighted by Crippen LogP contribution is -2.26. The second-order valence-electron chi connectivity index (χ2n) is 9.09. The summed E-state index contributed by atoms with van der Waals surface area (Å²) in [5.41, 5.74) is 2.62. The summed E-state index contributed by atoms with van der Waals surface area (Å²) < 4.78 is 8.40. The Balaban J connectivity index is 2.59. The van der Waals surface area contributed by atoms with Gasteiger partial charge in [0.15, 0.2) is 4.80 Å². The number of thiazole rings is 1. The highest BCUT2D eigenvalue weighted by atomic mass is 32.1. The molecule has 0 saturated heterocycles. The molecule has 7 heteroatoms. The molecule has 0 spiro atoms. The molecule has 160 valence electrons. The second kappa shape index (κ2) is 9.22. The Kier molecular flexibility index (Phi) is 7.40. The van der Waals surface area contributed by atoms with E-state index < -0.39 is 0 Å². The Hall–Kier alpha value is -1.99. The number of nitro benzene ring substituents is 1. The maximum Gasteiger partial charge on any atom is 0.269 e. The molecule has 0 radical (unpaired) electrons. The van der Waals surface area contributed by atoms with Crippen molar-refractivity contribution >= 4 is 22.7 Å². The normalized spacial score (nSPS) is 14.1. The zero-order chi connectivity index (χ0) is 21.9. The smallest absolute Gasteiger partial charge is 0.269 e. The van der Waals surface area contributed by atoms with Crippen molar-refractivity contribution in [1.29, 1.82) is 0 Å². The van der Waals surface area contributed by atoms with Crippen LogP contribution in [0.25, 0.3) is 0 Å². The summed E-state index contributed by atoms with van der Waals surface area (Å²) >= 11 is 1.58. The van der Waals surface area contributed by atoms with E-state index in [9.17, 15) is 10.1 Å². The lowest BCUT2D eigenvalue weighted by molar-refractivity contribution is -0.384. The molecule has 0 fully saturated rings. The van der Waals surface area contributed by atoms with Gasteiger partial charge >= 0.3 is 0 Å². The summed E-state index contributed by atoms with van der Waals surface area (Å²) in [5.74, 6) is 0.584. The Morgan fingerprint density at radius 3 is 2.38 bits per heavy atom. The van der Waals surface area contributed by atoms with Gasteiger partial charge in [0.1, 0.15) is 0 Å². The minimum absolute atomic E-state index is 0.0598. The molecule has 0 aliphatic rings. The summed E-state index contributed by atoms with van der Waals surface area (Å²) in [4.78, 5) is 16.6. The summed E-state index contributed by atoms with van der Waals surface area (Å²) in [6.45, 7) is 17.5. The molecule has 1 aromatic carbocycles. The van der Waals surface area contributed by atoms with Gasteiger partial charge in [-0.15, -0.1) is 11.3 Å². The average molecular weight is 420 g/mol. The predicted octanol–water partition coefficient (Wildman–Crippen LogP) is 6.35. The van der Waals surface area contributed by atoms with E-state index in [2.05, 4.69) is 51.5 Å². The van der Waals surface area contributed by atoms with Crippen LogP contribution in [0.1, 0.15) is 78.7 Å². The van der Waals surface area contributed by atoms with Crippen molar-refractivity contribution < 1.29 is 9.66 Å². The second-order valence-corrected chi connectivity index (χ2v) is 9.92. The summed E-state index contributed by atoms with van der Waals surface area (Å²) in [6, 6.07) is 4.91. The molecular formula is C22H33N3O3S. The van der Waals surface area contributed by atoms with Crippen molar-refractivity contribution in [2.45, 2.75) is 79.6 Å². The van der Waals surface area contributed by atoms with Crippen molar-refractivity contribution in [3.05, 3.63) is 49.8 Å². The number of ether oxygens (including phenoxy) is 1. The molecule has 2 aromatic rings. The van der Waals surface area contributed by atoms with E-state index in [1.165, 1.54) is 6.07 Å². The number of aromatic nitrogens is 1. The third-order valence-electron chi connectivity index (χ3n) is 4.38. The molecular weight excluding hydrogens is 386 g/mol. The zero-order valence-electron chi connectivity index (χ0n) is 18.7. The first-order valence-electron chi connectivity index (χ1n) is 10.1.